The molecule has 0 fully saturated rings. The highest BCUT2D eigenvalue weighted by Gasteiger charge is 1.99. The van der Waals surface area contributed by atoms with Crippen LogP contribution in [0.15, 0.2) is 65.6 Å². The number of hydrogen-bond acceptors (Lipinski definition) is 4. The van der Waals surface area contributed by atoms with Crippen LogP contribution in [0.3, 0.4) is 0 Å². The normalized spacial score (nSPS) is 10.2. The zero-order valence-corrected chi connectivity index (χ0v) is 13.5. The van der Waals surface area contributed by atoms with Crippen LogP contribution in [0.4, 0.5) is 5.69 Å². The molecule has 0 saturated carbocycles. The molecule has 1 aromatic carbocycles. The van der Waals surface area contributed by atoms with Crippen LogP contribution in [-0.2, 0) is 4.79 Å². The van der Waals surface area contributed by atoms with Crippen molar-refractivity contribution in [2.75, 3.05) is 5.32 Å². The predicted octanol–water partition coefficient (Wildman–Crippen LogP) is 3.59. The monoisotopic (exact) mass is 331 g/mol. The van der Waals surface area contributed by atoms with Gasteiger partial charge >= 0.3 is 0 Å². The number of carbonyl (C=O) groups is 1. The fourth-order valence-electron chi connectivity index (χ4n) is 1.90. The van der Waals surface area contributed by atoms with Crippen molar-refractivity contribution < 1.29 is 4.79 Å². The molecular weight excluding hydrogens is 318 g/mol. The lowest BCUT2D eigenvalue weighted by Crippen LogP contribution is -2.07. The summed E-state index contributed by atoms with van der Waals surface area (Å²) in [6, 6.07) is 13.0. The van der Waals surface area contributed by atoms with Crippen LogP contribution in [-0.4, -0.2) is 15.9 Å². The van der Waals surface area contributed by atoms with Gasteiger partial charge in [0, 0.05) is 28.9 Å². The summed E-state index contributed by atoms with van der Waals surface area (Å²) in [4.78, 5) is 20.2. The molecule has 0 bridgehead atoms. The molecule has 0 aliphatic carbocycles. The van der Waals surface area contributed by atoms with Crippen molar-refractivity contribution in [1.29, 1.82) is 0 Å². The number of rotatable bonds is 3. The quantitative estimate of drug-likeness (QED) is 0.589. The summed E-state index contributed by atoms with van der Waals surface area (Å²) in [5.41, 5.74) is 4.70. The molecule has 1 N–H and O–H groups in total. The van der Waals surface area contributed by atoms with E-state index in [2.05, 4.69) is 27.1 Å². The number of amides is 1. The van der Waals surface area contributed by atoms with Gasteiger partial charge in [-0.1, -0.05) is 18.1 Å². The Morgan fingerprint density at radius 1 is 1.12 bits per heavy atom. The molecule has 0 spiro atoms. The molecule has 0 aliphatic heterocycles. The van der Waals surface area contributed by atoms with Gasteiger partial charge in [-0.3, -0.25) is 4.79 Å². The molecule has 0 aliphatic rings. The second kappa shape index (κ2) is 7.86. The van der Waals surface area contributed by atoms with E-state index in [1.165, 1.54) is 17.4 Å². The number of anilines is 1. The van der Waals surface area contributed by atoms with Crippen molar-refractivity contribution in [3.8, 4) is 11.8 Å². The molecule has 0 atom stereocenters. The molecule has 3 aromatic rings. The Morgan fingerprint density at radius 3 is 2.88 bits per heavy atom. The molecule has 2 aromatic heterocycles. The summed E-state index contributed by atoms with van der Waals surface area (Å²) >= 11 is 1.49. The van der Waals surface area contributed by atoms with E-state index < -0.39 is 0 Å². The van der Waals surface area contributed by atoms with Crippen molar-refractivity contribution in [3.05, 3.63) is 82.6 Å². The zero-order chi connectivity index (χ0) is 16.6. The van der Waals surface area contributed by atoms with E-state index in [-0.39, 0.29) is 5.91 Å². The third-order valence-corrected chi connectivity index (χ3v) is 3.59. The first-order valence-electron chi connectivity index (χ1n) is 7.20. The summed E-state index contributed by atoms with van der Waals surface area (Å²) in [7, 11) is 0. The number of pyridine rings is 1. The van der Waals surface area contributed by atoms with E-state index in [0.29, 0.717) is 11.4 Å². The van der Waals surface area contributed by atoms with Crippen LogP contribution in [0.5, 0.6) is 0 Å². The third-order valence-electron chi connectivity index (χ3n) is 2.99. The number of thiazole rings is 1. The standard InChI is InChI=1S/C19H13N3OS/c23-19(10-9-18-13-24-14-21-18)22-17-6-3-4-15(12-17)7-8-16-5-1-2-11-20-16/h1-6,9-14H,(H,22,23)/b10-9+. The fraction of sp³-hybridized carbons (Fsp3) is 0. The van der Waals surface area contributed by atoms with Gasteiger partial charge in [-0.15, -0.1) is 11.3 Å². The van der Waals surface area contributed by atoms with E-state index in [0.717, 1.165) is 11.3 Å². The van der Waals surface area contributed by atoms with Crippen LogP contribution in [0, 0.1) is 11.8 Å². The lowest BCUT2D eigenvalue weighted by atomic mass is 10.2. The minimum Gasteiger partial charge on any atom is -0.322 e. The summed E-state index contributed by atoms with van der Waals surface area (Å²) in [6.45, 7) is 0. The molecule has 0 unspecified atom stereocenters. The minimum atomic E-state index is -0.210. The largest absolute Gasteiger partial charge is 0.322 e. The molecule has 3 rings (SSSR count). The Hall–Kier alpha value is -3.23. The second-order valence-electron chi connectivity index (χ2n) is 4.78. The van der Waals surface area contributed by atoms with Crippen molar-refractivity contribution in [2.24, 2.45) is 0 Å². The summed E-state index contributed by atoms with van der Waals surface area (Å²) < 4.78 is 0. The van der Waals surface area contributed by atoms with Gasteiger partial charge in [0.25, 0.3) is 0 Å². The molecule has 2 heterocycles. The summed E-state index contributed by atoms with van der Waals surface area (Å²) in [5.74, 6) is 5.82. The van der Waals surface area contributed by atoms with E-state index in [1.807, 2.05) is 47.8 Å². The van der Waals surface area contributed by atoms with Gasteiger partial charge in [-0.25, -0.2) is 9.97 Å². The first-order valence-corrected chi connectivity index (χ1v) is 8.14. The van der Waals surface area contributed by atoms with Gasteiger partial charge in [0.2, 0.25) is 5.91 Å². The fourth-order valence-corrected chi connectivity index (χ4v) is 2.42. The molecule has 0 radical (unpaired) electrons. The van der Waals surface area contributed by atoms with Crippen LogP contribution in [0.2, 0.25) is 0 Å². The average Bonchev–Trinajstić information content (AvgIpc) is 3.13. The van der Waals surface area contributed by atoms with Crippen molar-refractivity contribution in [1.82, 2.24) is 9.97 Å². The summed E-state index contributed by atoms with van der Waals surface area (Å²) in [6.07, 6.45) is 4.84. The molecule has 1 amide bonds. The van der Waals surface area contributed by atoms with E-state index in [9.17, 15) is 4.79 Å². The Bertz CT molecular complexity index is 907. The van der Waals surface area contributed by atoms with Crippen molar-refractivity contribution in [3.63, 3.8) is 0 Å². The maximum atomic E-state index is 11.9. The average molecular weight is 331 g/mol. The maximum Gasteiger partial charge on any atom is 0.248 e. The second-order valence-corrected chi connectivity index (χ2v) is 5.50. The Balaban J connectivity index is 1.67. The number of benzene rings is 1. The highest BCUT2D eigenvalue weighted by Crippen LogP contribution is 2.10. The van der Waals surface area contributed by atoms with Gasteiger partial charge in [0.15, 0.2) is 0 Å². The highest BCUT2D eigenvalue weighted by molar-refractivity contribution is 7.07. The van der Waals surface area contributed by atoms with Gasteiger partial charge in [-0.2, -0.15) is 0 Å². The number of carbonyl (C=O) groups excluding carboxylic acids is 1. The van der Waals surface area contributed by atoms with Gasteiger partial charge < -0.3 is 5.32 Å². The van der Waals surface area contributed by atoms with E-state index >= 15 is 0 Å². The predicted molar refractivity (Wildman–Crippen MR) is 96.4 cm³/mol. The number of nitrogens with one attached hydrogen (secondary N) is 1. The maximum absolute atomic E-state index is 11.9. The zero-order valence-electron chi connectivity index (χ0n) is 12.6. The first-order chi connectivity index (χ1) is 11.8. The molecular formula is C19H13N3OS. The van der Waals surface area contributed by atoms with Crippen LogP contribution in [0.1, 0.15) is 17.0 Å². The number of nitrogens with zero attached hydrogens (tertiary/aromatic N) is 2. The third kappa shape index (κ3) is 4.63. The number of hydrogen-bond donors (Lipinski definition) is 1. The van der Waals surface area contributed by atoms with Crippen LogP contribution >= 0.6 is 11.3 Å². The molecule has 116 valence electrons. The Kier molecular flexibility index (Phi) is 5.13. The highest BCUT2D eigenvalue weighted by atomic mass is 32.1. The van der Waals surface area contributed by atoms with Crippen molar-refractivity contribution >= 4 is 29.0 Å². The molecule has 24 heavy (non-hydrogen) atoms. The first kappa shape index (κ1) is 15.7. The Morgan fingerprint density at radius 2 is 2.08 bits per heavy atom. The molecule has 4 nitrogen and oxygen atoms in total. The smallest absolute Gasteiger partial charge is 0.248 e. The van der Waals surface area contributed by atoms with Crippen LogP contribution < -0.4 is 5.32 Å². The van der Waals surface area contributed by atoms with Gasteiger partial charge in [0.05, 0.1) is 11.2 Å². The molecule has 0 saturated heterocycles. The van der Waals surface area contributed by atoms with E-state index in [4.69, 9.17) is 0 Å². The van der Waals surface area contributed by atoms with Gasteiger partial charge in [0.1, 0.15) is 5.69 Å². The lowest BCUT2D eigenvalue weighted by Gasteiger charge is -2.02. The topological polar surface area (TPSA) is 54.9 Å². The number of aromatic nitrogens is 2. The Labute approximate surface area is 143 Å². The van der Waals surface area contributed by atoms with Crippen LogP contribution in [0.25, 0.3) is 6.08 Å². The molecule has 5 heteroatoms. The van der Waals surface area contributed by atoms with Crippen molar-refractivity contribution in [2.45, 2.75) is 0 Å². The lowest BCUT2D eigenvalue weighted by molar-refractivity contribution is -0.111. The van der Waals surface area contributed by atoms with Gasteiger partial charge in [-0.05, 0) is 42.3 Å². The SMILES string of the molecule is O=C(/C=C/c1cscn1)Nc1cccc(C#Cc2ccccn2)c1. The van der Waals surface area contributed by atoms with E-state index in [1.54, 1.807) is 17.8 Å². The summed E-state index contributed by atoms with van der Waals surface area (Å²) in [5, 5.41) is 4.68. The minimum absolute atomic E-state index is 0.210.